The first-order valence-corrected chi connectivity index (χ1v) is 11.3. The fourth-order valence-electron chi connectivity index (χ4n) is 4.28. The molecule has 1 aromatic heterocycles. The van der Waals surface area contributed by atoms with Crippen molar-refractivity contribution in [1.82, 2.24) is 19.9 Å². The first-order chi connectivity index (χ1) is 15.5. The van der Waals surface area contributed by atoms with E-state index >= 15 is 0 Å². The van der Waals surface area contributed by atoms with Crippen molar-refractivity contribution in [3.8, 4) is 5.69 Å². The maximum atomic E-state index is 13.9. The Kier molecular flexibility index (Phi) is 6.86. The van der Waals surface area contributed by atoms with Gasteiger partial charge in [-0.3, -0.25) is 14.6 Å². The number of carbonyl (C=O) groups is 1. The molecule has 0 saturated carbocycles. The lowest BCUT2D eigenvalue weighted by Gasteiger charge is -2.40. The van der Waals surface area contributed by atoms with Crippen molar-refractivity contribution in [3.05, 3.63) is 71.1 Å². The largest absolute Gasteiger partial charge is 0.296 e. The Bertz CT molecular complexity index is 1070. The van der Waals surface area contributed by atoms with Crippen LogP contribution < -0.4 is 4.90 Å². The molecule has 1 fully saturated rings. The summed E-state index contributed by atoms with van der Waals surface area (Å²) in [6, 6.07) is 15.3. The maximum Gasteiger partial charge on any atom is 0.228 e. The maximum absolute atomic E-state index is 13.9. The molecule has 1 amide bonds. The Morgan fingerprint density at radius 1 is 1.22 bits per heavy atom. The number of halogens is 2. The smallest absolute Gasteiger partial charge is 0.228 e. The van der Waals surface area contributed by atoms with Crippen LogP contribution in [0.3, 0.4) is 0 Å². The van der Waals surface area contributed by atoms with Gasteiger partial charge in [-0.2, -0.15) is 0 Å². The van der Waals surface area contributed by atoms with Crippen LogP contribution in [0.5, 0.6) is 0 Å². The van der Waals surface area contributed by atoms with Gasteiger partial charge in [0.15, 0.2) is 5.82 Å². The second kappa shape index (κ2) is 9.79. The van der Waals surface area contributed by atoms with E-state index in [0.717, 1.165) is 25.9 Å². The van der Waals surface area contributed by atoms with Gasteiger partial charge in [-0.1, -0.05) is 54.1 Å². The molecule has 1 aliphatic heterocycles. The highest BCUT2D eigenvalue weighted by Crippen LogP contribution is 2.28. The molecule has 32 heavy (non-hydrogen) atoms. The minimum absolute atomic E-state index is 0.00824. The molecule has 6 nitrogen and oxygen atoms in total. The summed E-state index contributed by atoms with van der Waals surface area (Å²) in [6.45, 7) is 5.86. The second-order valence-corrected chi connectivity index (χ2v) is 8.50. The van der Waals surface area contributed by atoms with Gasteiger partial charge in [0.2, 0.25) is 5.91 Å². The Morgan fingerprint density at radius 3 is 2.59 bits per heavy atom. The summed E-state index contributed by atoms with van der Waals surface area (Å²) in [6.07, 6.45) is 3.76. The lowest BCUT2D eigenvalue weighted by atomic mass is 9.99. The van der Waals surface area contributed by atoms with E-state index in [-0.39, 0.29) is 17.0 Å². The number of aromatic nitrogens is 3. The molecule has 1 unspecified atom stereocenters. The third kappa shape index (κ3) is 4.69. The van der Waals surface area contributed by atoms with E-state index in [4.69, 9.17) is 11.6 Å². The lowest BCUT2D eigenvalue weighted by Crippen LogP contribution is -2.48. The number of anilines is 1. The molecule has 2 aromatic carbocycles. The molecule has 0 aliphatic carbocycles. The predicted octanol–water partition coefficient (Wildman–Crippen LogP) is 5.03. The van der Waals surface area contributed by atoms with Gasteiger partial charge in [-0.25, -0.2) is 9.07 Å². The predicted molar refractivity (Wildman–Crippen MR) is 124 cm³/mol. The van der Waals surface area contributed by atoms with E-state index in [1.165, 1.54) is 22.4 Å². The van der Waals surface area contributed by atoms with Gasteiger partial charge in [-0.15, -0.1) is 5.10 Å². The van der Waals surface area contributed by atoms with E-state index in [9.17, 15) is 9.18 Å². The zero-order chi connectivity index (χ0) is 22.7. The number of benzene rings is 2. The highest BCUT2D eigenvalue weighted by atomic mass is 35.5. The monoisotopic (exact) mass is 455 g/mol. The molecule has 8 heteroatoms. The van der Waals surface area contributed by atoms with E-state index in [2.05, 4.69) is 46.4 Å². The molecule has 0 spiro atoms. The van der Waals surface area contributed by atoms with Gasteiger partial charge in [0, 0.05) is 37.7 Å². The van der Waals surface area contributed by atoms with Crippen LogP contribution in [-0.2, 0) is 4.79 Å². The number of carbonyl (C=O) groups excluding carboxylic acids is 1. The van der Waals surface area contributed by atoms with E-state index in [0.29, 0.717) is 24.0 Å². The molecule has 2 heterocycles. The Balaban J connectivity index is 1.50. The number of hydrogen-bond acceptors (Lipinski definition) is 4. The number of rotatable bonds is 6. The highest BCUT2D eigenvalue weighted by Gasteiger charge is 2.31. The van der Waals surface area contributed by atoms with Gasteiger partial charge in [0.05, 0.1) is 16.9 Å². The van der Waals surface area contributed by atoms with Gasteiger partial charge >= 0.3 is 0 Å². The van der Waals surface area contributed by atoms with Crippen LogP contribution >= 0.6 is 11.6 Å². The quantitative estimate of drug-likeness (QED) is 0.523. The molecule has 1 atom stereocenters. The highest BCUT2D eigenvalue weighted by molar-refractivity contribution is 6.30. The Hall–Kier alpha value is -2.77. The zero-order valence-corrected chi connectivity index (χ0v) is 19.0. The van der Waals surface area contributed by atoms with Crippen LogP contribution in [-0.4, -0.2) is 44.9 Å². The molecular formula is C24H27ClFN5O. The molecule has 0 radical (unpaired) electrons. The topological polar surface area (TPSA) is 54.3 Å². The summed E-state index contributed by atoms with van der Waals surface area (Å²) >= 11 is 5.78. The number of hydrogen-bond donors (Lipinski definition) is 0. The fraction of sp³-hybridized carbons (Fsp3) is 0.375. The fourth-order valence-corrected chi connectivity index (χ4v) is 4.40. The molecule has 0 N–H and O–H groups in total. The molecule has 0 bridgehead atoms. The third-order valence-corrected chi connectivity index (χ3v) is 6.47. The van der Waals surface area contributed by atoms with Crippen molar-refractivity contribution in [1.29, 1.82) is 0 Å². The van der Waals surface area contributed by atoms with Crippen LogP contribution in [0.2, 0.25) is 5.02 Å². The Morgan fingerprint density at radius 2 is 1.94 bits per heavy atom. The summed E-state index contributed by atoms with van der Waals surface area (Å²) < 4.78 is 15.3. The average Bonchev–Trinajstić information content (AvgIpc) is 3.31. The van der Waals surface area contributed by atoms with Crippen LogP contribution in [0.4, 0.5) is 10.2 Å². The molecular weight excluding hydrogens is 429 g/mol. The van der Waals surface area contributed by atoms with Crippen LogP contribution in [0, 0.1) is 5.82 Å². The summed E-state index contributed by atoms with van der Waals surface area (Å²) in [5.41, 5.74) is 1.80. The standard InChI is InChI=1S/C24H27ClFN5O/c1-3-24(32)31(23-16-30(28-27-23)20-9-10-21(25)22(26)15-20)19-11-13-29(14-12-19)17(2)18-7-5-4-6-8-18/h4-10,15-17,19H,3,11-14H2,1-2H3. The number of nitrogens with zero attached hydrogens (tertiary/aromatic N) is 5. The first kappa shape index (κ1) is 22.4. The third-order valence-electron chi connectivity index (χ3n) is 6.16. The van der Waals surface area contributed by atoms with Gasteiger partial charge < -0.3 is 0 Å². The SMILES string of the molecule is CCC(=O)N(c1cn(-c2ccc(Cl)c(F)c2)nn1)C1CCN(C(C)c2ccccc2)CC1. The second-order valence-electron chi connectivity index (χ2n) is 8.09. The summed E-state index contributed by atoms with van der Waals surface area (Å²) in [5.74, 6) is -0.0294. The summed E-state index contributed by atoms with van der Waals surface area (Å²) in [5, 5.41) is 8.41. The van der Waals surface area contributed by atoms with Crippen LogP contribution in [0.15, 0.2) is 54.7 Å². The van der Waals surface area contributed by atoms with E-state index in [1.807, 2.05) is 13.0 Å². The zero-order valence-electron chi connectivity index (χ0n) is 18.3. The number of likely N-dealkylation sites (tertiary alicyclic amines) is 1. The molecule has 1 saturated heterocycles. The van der Waals surface area contributed by atoms with Crippen molar-refractivity contribution in [2.45, 2.75) is 45.2 Å². The van der Waals surface area contributed by atoms with E-state index in [1.54, 1.807) is 17.2 Å². The molecule has 1 aliphatic rings. The number of amides is 1. The van der Waals surface area contributed by atoms with Crippen molar-refractivity contribution in [3.63, 3.8) is 0 Å². The summed E-state index contributed by atoms with van der Waals surface area (Å²) in [4.78, 5) is 17.1. The molecule has 3 aromatic rings. The first-order valence-electron chi connectivity index (χ1n) is 11.0. The van der Waals surface area contributed by atoms with Crippen LogP contribution in [0.1, 0.15) is 44.7 Å². The molecule has 168 valence electrons. The van der Waals surface area contributed by atoms with Gasteiger partial charge in [-0.05, 0) is 37.5 Å². The minimum Gasteiger partial charge on any atom is -0.296 e. The lowest BCUT2D eigenvalue weighted by molar-refractivity contribution is -0.119. The minimum atomic E-state index is -0.525. The van der Waals surface area contributed by atoms with Crippen molar-refractivity contribution < 1.29 is 9.18 Å². The summed E-state index contributed by atoms with van der Waals surface area (Å²) in [7, 11) is 0. The van der Waals surface area contributed by atoms with Gasteiger partial charge in [0.25, 0.3) is 0 Å². The van der Waals surface area contributed by atoms with Crippen molar-refractivity contribution in [2.24, 2.45) is 0 Å². The number of piperidine rings is 1. The van der Waals surface area contributed by atoms with Crippen LogP contribution in [0.25, 0.3) is 5.69 Å². The van der Waals surface area contributed by atoms with Crippen molar-refractivity contribution in [2.75, 3.05) is 18.0 Å². The van der Waals surface area contributed by atoms with E-state index < -0.39 is 5.82 Å². The Labute approximate surface area is 192 Å². The molecule has 4 rings (SSSR count). The van der Waals surface area contributed by atoms with Gasteiger partial charge in [0.1, 0.15) is 5.82 Å². The average molecular weight is 456 g/mol. The normalized spacial score (nSPS) is 16.1. The van der Waals surface area contributed by atoms with Crippen molar-refractivity contribution >= 4 is 23.3 Å².